The van der Waals surface area contributed by atoms with E-state index < -0.39 is 0 Å². The van der Waals surface area contributed by atoms with E-state index in [0.29, 0.717) is 5.58 Å². The van der Waals surface area contributed by atoms with Gasteiger partial charge in [0.1, 0.15) is 0 Å². The Kier molecular flexibility index (Phi) is 3.12. The van der Waals surface area contributed by atoms with Crippen molar-refractivity contribution in [1.82, 2.24) is 4.57 Å². The molecule has 0 N–H and O–H groups in total. The second kappa shape index (κ2) is 4.13. The monoisotopic (exact) mass is 193 g/mol. The topological polar surface area (TPSA) is 35.1 Å². The maximum Gasteiger partial charge on any atom is 0.419 e. The van der Waals surface area contributed by atoms with E-state index in [1.807, 2.05) is 39.0 Å². The average Bonchev–Trinajstić information content (AvgIpc) is 2.45. The third-order valence-corrected chi connectivity index (χ3v) is 1.95. The van der Waals surface area contributed by atoms with Crippen molar-refractivity contribution in [3.63, 3.8) is 0 Å². The van der Waals surface area contributed by atoms with Crippen LogP contribution in [0.3, 0.4) is 0 Å². The van der Waals surface area contributed by atoms with Crippen LogP contribution in [-0.4, -0.2) is 4.57 Å². The predicted molar refractivity (Wildman–Crippen MR) is 57.5 cm³/mol. The van der Waals surface area contributed by atoms with Crippen LogP contribution in [0.2, 0.25) is 0 Å². The number of benzene rings is 1. The summed E-state index contributed by atoms with van der Waals surface area (Å²) in [6.45, 7) is 5.96. The quantitative estimate of drug-likeness (QED) is 0.644. The van der Waals surface area contributed by atoms with Gasteiger partial charge >= 0.3 is 5.76 Å². The normalized spacial score (nSPS) is 9.71. The molecule has 14 heavy (non-hydrogen) atoms. The zero-order valence-corrected chi connectivity index (χ0v) is 9.00. The predicted octanol–water partition coefficient (Wildman–Crippen LogP) is 2.47. The third kappa shape index (κ3) is 1.71. The SMILES string of the molecule is CC.Cc1ccc2c(c1)oc(=O)n2C. The molecule has 0 bridgehead atoms. The van der Waals surface area contributed by atoms with E-state index in [9.17, 15) is 4.79 Å². The number of hydrogen-bond acceptors (Lipinski definition) is 2. The van der Waals surface area contributed by atoms with E-state index in [0.717, 1.165) is 11.1 Å². The van der Waals surface area contributed by atoms with E-state index in [2.05, 4.69) is 0 Å². The molecule has 0 atom stereocenters. The van der Waals surface area contributed by atoms with Crippen molar-refractivity contribution < 1.29 is 4.42 Å². The lowest BCUT2D eigenvalue weighted by Crippen LogP contribution is -2.08. The van der Waals surface area contributed by atoms with E-state index in [1.54, 1.807) is 7.05 Å². The van der Waals surface area contributed by atoms with Gasteiger partial charge in [0.2, 0.25) is 0 Å². The maximum absolute atomic E-state index is 11.0. The fraction of sp³-hybridized carbons (Fsp3) is 0.364. The molecule has 0 aliphatic heterocycles. The minimum absolute atomic E-state index is 0.310. The van der Waals surface area contributed by atoms with Crippen LogP contribution in [0.15, 0.2) is 27.4 Å². The summed E-state index contributed by atoms with van der Waals surface area (Å²) in [6.07, 6.45) is 0. The Balaban J connectivity index is 0.000000461. The summed E-state index contributed by atoms with van der Waals surface area (Å²) in [5.74, 6) is -0.310. The molecule has 0 saturated carbocycles. The molecule has 0 fully saturated rings. The highest BCUT2D eigenvalue weighted by Gasteiger charge is 2.03. The zero-order valence-electron chi connectivity index (χ0n) is 9.00. The summed E-state index contributed by atoms with van der Waals surface area (Å²) < 4.78 is 6.48. The summed E-state index contributed by atoms with van der Waals surface area (Å²) in [5.41, 5.74) is 2.59. The minimum atomic E-state index is -0.310. The lowest BCUT2D eigenvalue weighted by atomic mass is 10.2. The number of fused-ring (bicyclic) bond motifs is 1. The van der Waals surface area contributed by atoms with Gasteiger partial charge in [-0.2, -0.15) is 0 Å². The molecule has 0 amide bonds. The number of aromatic nitrogens is 1. The molecule has 2 aromatic rings. The summed E-state index contributed by atoms with van der Waals surface area (Å²) >= 11 is 0. The van der Waals surface area contributed by atoms with Gasteiger partial charge in [-0.15, -0.1) is 0 Å². The van der Waals surface area contributed by atoms with Crippen molar-refractivity contribution in [2.45, 2.75) is 20.8 Å². The zero-order chi connectivity index (χ0) is 10.7. The molecule has 1 aromatic heterocycles. The Morgan fingerprint density at radius 3 is 2.57 bits per heavy atom. The van der Waals surface area contributed by atoms with Crippen LogP contribution in [0, 0.1) is 6.92 Å². The van der Waals surface area contributed by atoms with Crippen LogP contribution >= 0.6 is 0 Å². The van der Waals surface area contributed by atoms with Crippen LogP contribution < -0.4 is 5.76 Å². The Labute approximate surface area is 83.0 Å². The van der Waals surface area contributed by atoms with E-state index in [4.69, 9.17) is 4.42 Å². The van der Waals surface area contributed by atoms with E-state index in [-0.39, 0.29) is 5.76 Å². The first-order valence-corrected chi connectivity index (χ1v) is 4.74. The van der Waals surface area contributed by atoms with Crippen molar-refractivity contribution in [2.75, 3.05) is 0 Å². The smallest absolute Gasteiger partial charge is 0.408 e. The number of oxazole rings is 1. The molecule has 0 unspecified atom stereocenters. The van der Waals surface area contributed by atoms with Crippen LogP contribution in [0.25, 0.3) is 11.1 Å². The van der Waals surface area contributed by atoms with Gasteiger partial charge in [-0.3, -0.25) is 4.57 Å². The summed E-state index contributed by atoms with van der Waals surface area (Å²) in [7, 11) is 1.70. The van der Waals surface area contributed by atoms with Crippen LogP contribution in [0.5, 0.6) is 0 Å². The molecule has 3 nitrogen and oxygen atoms in total. The second-order valence-corrected chi connectivity index (χ2v) is 2.90. The number of nitrogens with zero attached hydrogens (tertiary/aromatic N) is 1. The molecule has 0 spiro atoms. The highest BCUT2D eigenvalue weighted by atomic mass is 16.4. The van der Waals surface area contributed by atoms with Gasteiger partial charge in [0, 0.05) is 7.05 Å². The summed E-state index contributed by atoms with van der Waals surface area (Å²) in [4.78, 5) is 11.0. The molecule has 0 saturated heterocycles. The molecule has 1 aromatic carbocycles. The van der Waals surface area contributed by atoms with Gasteiger partial charge in [-0.05, 0) is 24.6 Å². The molecule has 0 radical (unpaired) electrons. The number of rotatable bonds is 0. The molecule has 3 heteroatoms. The highest BCUT2D eigenvalue weighted by molar-refractivity contribution is 5.73. The van der Waals surface area contributed by atoms with Gasteiger partial charge in [0.15, 0.2) is 5.58 Å². The molecule has 0 aliphatic carbocycles. The fourth-order valence-corrected chi connectivity index (χ4v) is 1.24. The maximum atomic E-state index is 11.0. The summed E-state index contributed by atoms with van der Waals surface area (Å²) in [6, 6.07) is 5.70. The largest absolute Gasteiger partial charge is 0.419 e. The molecular weight excluding hydrogens is 178 g/mol. The Bertz CT molecular complexity index is 479. The Morgan fingerprint density at radius 2 is 1.93 bits per heavy atom. The average molecular weight is 193 g/mol. The lowest BCUT2D eigenvalue weighted by molar-refractivity contribution is 0.528. The van der Waals surface area contributed by atoms with Crippen LogP contribution in [-0.2, 0) is 7.05 Å². The minimum Gasteiger partial charge on any atom is -0.408 e. The van der Waals surface area contributed by atoms with Crippen molar-refractivity contribution in [3.05, 3.63) is 34.3 Å². The van der Waals surface area contributed by atoms with Gasteiger partial charge in [0.05, 0.1) is 5.52 Å². The number of aryl methyl sites for hydroxylation is 2. The van der Waals surface area contributed by atoms with Gasteiger partial charge in [-0.1, -0.05) is 19.9 Å². The fourth-order valence-electron chi connectivity index (χ4n) is 1.24. The molecule has 2 rings (SSSR count). The van der Waals surface area contributed by atoms with Crippen LogP contribution in [0.1, 0.15) is 19.4 Å². The number of hydrogen-bond donors (Lipinski definition) is 0. The molecule has 0 aliphatic rings. The van der Waals surface area contributed by atoms with Crippen molar-refractivity contribution in [3.8, 4) is 0 Å². The molecule has 1 heterocycles. The second-order valence-electron chi connectivity index (χ2n) is 2.90. The van der Waals surface area contributed by atoms with Crippen LogP contribution in [0.4, 0.5) is 0 Å². The lowest BCUT2D eigenvalue weighted by Gasteiger charge is -1.91. The highest BCUT2D eigenvalue weighted by Crippen LogP contribution is 2.12. The van der Waals surface area contributed by atoms with Gasteiger partial charge < -0.3 is 4.42 Å². The van der Waals surface area contributed by atoms with Gasteiger partial charge in [0.25, 0.3) is 0 Å². The van der Waals surface area contributed by atoms with Crippen molar-refractivity contribution >= 4 is 11.1 Å². The third-order valence-electron chi connectivity index (χ3n) is 1.95. The molecular formula is C11H15NO2. The Hall–Kier alpha value is -1.51. The van der Waals surface area contributed by atoms with Crippen molar-refractivity contribution in [1.29, 1.82) is 0 Å². The van der Waals surface area contributed by atoms with Crippen molar-refractivity contribution in [2.24, 2.45) is 7.05 Å². The van der Waals surface area contributed by atoms with E-state index >= 15 is 0 Å². The molecule has 76 valence electrons. The van der Waals surface area contributed by atoms with E-state index in [1.165, 1.54) is 4.57 Å². The summed E-state index contributed by atoms with van der Waals surface area (Å²) in [5, 5.41) is 0. The standard InChI is InChI=1S/C9H9NO2.C2H6/c1-6-3-4-7-8(5-6)12-9(11)10(7)2;1-2/h3-5H,1-2H3;1-2H3. The first-order valence-electron chi connectivity index (χ1n) is 4.74. The first-order chi connectivity index (χ1) is 6.68. The Morgan fingerprint density at radius 1 is 1.29 bits per heavy atom. The van der Waals surface area contributed by atoms with Gasteiger partial charge in [-0.25, -0.2) is 4.79 Å². The first kappa shape index (κ1) is 10.6.